The van der Waals surface area contributed by atoms with Crippen molar-refractivity contribution in [1.82, 2.24) is 0 Å². The van der Waals surface area contributed by atoms with Crippen molar-refractivity contribution >= 4 is 13.4 Å². The Morgan fingerprint density at radius 3 is 2.33 bits per heavy atom. The van der Waals surface area contributed by atoms with Crippen LogP contribution in [0, 0.1) is 0 Å². The number of benzene rings is 2. The van der Waals surface area contributed by atoms with Crippen LogP contribution in [0.3, 0.4) is 0 Å². The quantitative estimate of drug-likeness (QED) is 0.802. The first-order chi connectivity index (χ1) is 9.92. The largest absolute Gasteiger partial charge is 0.457 e. The minimum Gasteiger partial charge on any atom is -0.457 e. The molecule has 5 nitrogen and oxygen atoms in total. The second-order valence-electron chi connectivity index (χ2n) is 4.60. The average molecular weight is 306 g/mol. The Balaban J connectivity index is 2.04. The van der Waals surface area contributed by atoms with Gasteiger partial charge in [-0.3, -0.25) is 9.36 Å². The highest BCUT2D eigenvalue weighted by Gasteiger charge is 2.19. The van der Waals surface area contributed by atoms with Gasteiger partial charge in [0.25, 0.3) is 0 Å². The van der Waals surface area contributed by atoms with Crippen molar-refractivity contribution in [3.8, 4) is 11.5 Å². The first-order valence-corrected chi connectivity index (χ1v) is 8.10. The third kappa shape index (κ3) is 5.52. The van der Waals surface area contributed by atoms with E-state index < -0.39 is 19.5 Å². The van der Waals surface area contributed by atoms with Gasteiger partial charge in [0.15, 0.2) is 0 Å². The zero-order valence-electron chi connectivity index (χ0n) is 11.2. The van der Waals surface area contributed by atoms with Gasteiger partial charge in [0.1, 0.15) is 23.4 Å². The number of Topliss-reactive ketones (excluding diaryl/α,β-unsaturated/α-hetero) is 1. The molecule has 0 atom stereocenters. The Kier molecular flexibility index (Phi) is 4.91. The van der Waals surface area contributed by atoms with Crippen molar-refractivity contribution in [2.24, 2.45) is 0 Å². The highest BCUT2D eigenvalue weighted by Crippen LogP contribution is 2.34. The van der Waals surface area contributed by atoms with Crippen molar-refractivity contribution in [3.05, 3.63) is 60.2 Å². The number of ether oxygens (including phenoxy) is 1. The highest BCUT2D eigenvalue weighted by atomic mass is 31.2. The second kappa shape index (κ2) is 6.68. The summed E-state index contributed by atoms with van der Waals surface area (Å²) in [5.41, 5.74) is 0.655. The summed E-state index contributed by atoms with van der Waals surface area (Å²) < 4.78 is 16.4. The lowest BCUT2D eigenvalue weighted by atomic mass is 10.1. The molecule has 0 aromatic heterocycles. The van der Waals surface area contributed by atoms with Crippen molar-refractivity contribution in [1.29, 1.82) is 0 Å². The summed E-state index contributed by atoms with van der Waals surface area (Å²) in [6, 6.07) is 16.1. The van der Waals surface area contributed by atoms with E-state index in [0.717, 1.165) is 0 Å². The lowest BCUT2D eigenvalue weighted by Gasteiger charge is -2.08. The molecule has 0 heterocycles. The van der Waals surface area contributed by atoms with Crippen LogP contribution in [0.15, 0.2) is 54.6 Å². The summed E-state index contributed by atoms with van der Waals surface area (Å²) >= 11 is 0. The highest BCUT2D eigenvalue weighted by molar-refractivity contribution is 7.52. The van der Waals surface area contributed by atoms with Gasteiger partial charge in [-0.2, -0.15) is 0 Å². The zero-order chi connectivity index (χ0) is 15.3. The van der Waals surface area contributed by atoms with Gasteiger partial charge >= 0.3 is 7.60 Å². The number of carbonyl (C=O) groups is 1. The van der Waals surface area contributed by atoms with Crippen LogP contribution in [-0.2, 0) is 15.8 Å². The number of hydrogen-bond acceptors (Lipinski definition) is 3. The Labute approximate surface area is 122 Å². The van der Waals surface area contributed by atoms with Crippen molar-refractivity contribution in [3.63, 3.8) is 0 Å². The summed E-state index contributed by atoms with van der Waals surface area (Å²) in [6.45, 7) is 0. The molecule has 0 unspecified atom stereocenters. The van der Waals surface area contributed by atoms with E-state index in [-0.39, 0.29) is 6.42 Å². The van der Waals surface area contributed by atoms with E-state index in [1.165, 1.54) is 0 Å². The van der Waals surface area contributed by atoms with E-state index in [1.807, 2.05) is 30.3 Å². The van der Waals surface area contributed by atoms with Crippen LogP contribution in [0.4, 0.5) is 0 Å². The Hall–Kier alpha value is -1.94. The van der Waals surface area contributed by atoms with Gasteiger partial charge in [-0.05, 0) is 29.8 Å². The maximum absolute atomic E-state index is 11.6. The molecule has 2 aromatic carbocycles. The van der Waals surface area contributed by atoms with Gasteiger partial charge in [0.2, 0.25) is 0 Å². The van der Waals surface area contributed by atoms with E-state index >= 15 is 0 Å². The third-order valence-corrected chi connectivity index (χ3v) is 3.43. The van der Waals surface area contributed by atoms with E-state index in [9.17, 15) is 9.36 Å². The average Bonchev–Trinajstić information content (AvgIpc) is 2.38. The van der Waals surface area contributed by atoms with Crippen molar-refractivity contribution < 1.29 is 23.9 Å². The van der Waals surface area contributed by atoms with Gasteiger partial charge < -0.3 is 14.5 Å². The fraction of sp³-hybridized carbons (Fsp3) is 0.133. The van der Waals surface area contributed by atoms with Crippen LogP contribution in [0.25, 0.3) is 0 Å². The minimum absolute atomic E-state index is 0.0307. The summed E-state index contributed by atoms with van der Waals surface area (Å²) in [5.74, 6) is 0.749. The van der Waals surface area contributed by atoms with Crippen LogP contribution >= 0.6 is 7.60 Å². The first-order valence-electron chi connectivity index (χ1n) is 6.30. The molecule has 6 heteroatoms. The first kappa shape index (κ1) is 15.4. The minimum atomic E-state index is -4.31. The fourth-order valence-electron chi connectivity index (χ4n) is 1.86. The second-order valence-corrected chi connectivity index (χ2v) is 6.25. The van der Waals surface area contributed by atoms with E-state index in [4.69, 9.17) is 14.5 Å². The SMILES string of the molecule is O=C(Cc1cccc(Oc2ccccc2)c1)CP(=O)(O)O. The zero-order valence-corrected chi connectivity index (χ0v) is 12.1. The molecule has 0 aliphatic rings. The standard InChI is InChI=1S/C15H15O5P/c16-13(11-21(17,18)19)9-12-5-4-8-15(10-12)20-14-6-2-1-3-7-14/h1-8,10H,9,11H2,(H2,17,18,19). The van der Waals surface area contributed by atoms with Gasteiger partial charge in [-0.15, -0.1) is 0 Å². The maximum Gasteiger partial charge on any atom is 0.332 e. The number of carbonyl (C=O) groups excluding carboxylic acids is 1. The fourth-order valence-corrected chi connectivity index (χ4v) is 2.43. The molecule has 2 rings (SSSR count). The molecular formula is C15H15O5P. The molecule has 110 valence electrons. The third-order valence-electron chi connectivity index (χ3n) is 2.66. The topological polar surface area (TPSA) is 83.8 Å². The number of hydrogen-bond donors (Lipinski definition) is 2. The lowest BCUT2D eigenvalue weighted by molar-refractivity contribution is -0.116. The Morgan fingerprint density at radius 2 is 1.67 bits per heavy atom. The molecule has 21 heavy (non-hydrogen) atoms. The molecule has 0 fully saturated rings. The molecule has 0 aliphatic carbocycles. The van der Waals surface area contributed by atoms with Crippen LogP contribution in [0.1, 0.15) is 5.56 Å². The molecule has 0 spiro atoms. The molecule has 2 N–H and O–H groups in total. The van der Waals surface area contributed by atoms with Gasteiger partial charge in [0, 0.05) is 6.42 Å². The van der Waals surface area contributed by atoms with Crippen molar-refractivity contribution in [2.45, 2.75) is 6.42 Å². The van der Waals surface area contributed by atoms with E-state index in [2.05, 4.69) is 0 Å². The van der Waals surface area contributed by atoms with Crippen LogP contribution in [0.2, 0.25) is 0 Å². The smallest absolute Gasteiger partial charge is 0.332 e. The van der Waals surface area contributed by atoms with Crippen LogP contribution in [-0.4, -0.2) is 21.7 Å². The summed E-state index contributed by atoms with van der Waals surface area (Å²) in [4.78, 5) is 29.1. The predicted molar refractivity (Wildman–Crippen MR) is 78.6 cm³/mol. The lowest BCUT2D eigenvalue weighted by Crippen LogP contribution is -2.08. The van der Waals surface area contributed by atoms with Gasteiger partial charge in [0.05, 0.1) is 0 Å². The molecule has 0 saturated carbocycles. The van der Waals surface area contributed by atoms with Gasteiger partial charge in [-0.1, -0.05) is 30.3 Å². The molecule has 0 saturated heterocycles. The molecule has 0 bridgehead atoms. The summed E-state index contributed by atoms with van der Waals surface area (Å²) in [7, 11) is -4.31. The van der Waals surface area contributed by atoms with Crippen LogP contribution in [0.5, 0.6) is 11.5 Å². The monoisotopic (exact) mass is 306 g/mol. The molecular weight excluding hydrogens is 291 g/mol. The Bertz CT molecular complexity index is 663. The molecule has 0 amide bonds. The number of para-hydroxylation sites is 1. The molecule has 0 aliphatic heterocycles. The molecule has 2 aromatic rings. The Morgan fingerprint density at radius 1 is 1.00 bits per heavy atom. The molecule has 0 radical (unpaired) electrons. The van der Waals surface area contributed by atoms with E-state index in [0.29, 0.717) is 17.1 Å². The van der Waals surface area contributed by atoms with E-state index in [1.54, 1.807) is 24.3 Å². The normalized spacial score (nSPS) is 11.1. The number of rotatable bonds is 6. The summed E-state index contributed by atoms with van der Waals surface area (Å²) in [5, 5.41) is 0. The summed E-state index contributed by atoms with van der Waals surface area (Å²) in [6.07, 6.45) is -0.770. The van der Waals surface area contributed by atoms with Crippen LogP contribution < -0.4 is 4.74 Å². The maximum atomic E-state index is 11.6. The van der Waals surface area contributed by atoms with Gasteiger partial charge in [-0.25, -0.2) is 0 Å². The van der Waals surface area contributed by atoms with Crippen molar-refractivity contribution in [2.75, 3.05) is 6.16 Å². The number of ketones is 1. The predicted octanol–water partition coefficient (Wildman–Crippen LogP) is 2.77.